The van der Waals surface area contributed by atoms with Gasteiger partial charge in [0.15, 0.2) is 0 Å². The fourth-order valence-corrected chi connectivity index (χ4v) is 3.83. The molecule has 2 aliphatic rings. The molecule has 0 bridgehead atoms. The Balaban J connectivity index is 0.00000225. The highest BCUT2D eigenvalue weighted by atomic mass is 35.5. The highest BCUT2D eigenvalue weighted by Crippen LogP contribution is 2.58. The summed E-state index contributed by atoms with van der Waals surface area (Å²) >= 11 is 0. The second kappa shape index (κ2) is 8.19. The maximum atomic E-state index is 12.7. The van der Waals surface area contributed by atoms with Crippen molar-refractivity contribution in [3.05, 3.63) is 35.9 Å². The molecule has 1 spiro atoms. The molecular weight excluding hydrogens is 338 g/mol. The monoisotopic (exact) mass is 365 g/mol. The van der Waals surface area contributed by atoms with E-state index in [-0.39, 0.29) is 35.6 Å². The number of benzene rings is 1. The zero-order chi connectivity index (χ0) is 17.2. The fourth-order valence-electron chi connectivity index (χ4n) is 3.83. The second-order valence-corrected chi connectivity index (χ2v) is 7.35. The molecule has 2 unspecified atom stereocenters. The van der Waals surface area contributed by atoms with Crippen molar-refractivity contribution in [3.8, 4) is 0 Å². The van der Waals surface area contributed by atoms with E-state index in [0.29, 0.717) is 6.42 Å². The molecule has 2 amide bonds. The number of likely N-dealkylation sites (N-methyl/N-ethyl adjacent to an activating group) is 1. The van der Waals surface area contributed by atoms with Crippen LogP contribution in [0.2, 0.25) is 0 Å². The van der Waals surface area contributed by atoms with Gasteiger partial charge in [-0.3, -0.25) is 9.59 Å². The number of nitrogens with one attached hydrogen (secondary N) is 2. The first-order chi connectivity index (χ1) is 11.5. The van der Waals surface area contributed by atoms with Gasteiger partial charge < -0.3 is 15.5 Å². The van der Waals surface area contributed by atoms with Gasteiger partial charge in [0.1, 0.15) is 6.04 Å². The summed E-state index contributed by atoms with van der Waals surface area (Å²) in [5.74, 6) is 0.0769. The molecule has 1 aromatic carbocycles. The summed E-state index contributed by atoms with van der Waals surface area (Å²) in [7, 11) is 3.47. The smallest absolute Gasteiger partial charge is 0.244 e. The molecule has 0 radical (unpaired) electrons. The molecule has 5 nitrogen and oxygen atoms in total. The van der Waals surface area contributed by atoms with Crippen molar-refractivity contribution < 1.29 is 9.59 Å². The largest absolute Gasteiger partial charge is 0.347 e. The van der Waals surface area contributed by atoms with Crippen LogP contribution in [0, 0.1) is 11.3 Å². The van der Waals surface area contributed by atoms with Gasteiger partial charge in [-0.05, 0) is 43.3 Å². The van der Waals surface area contributed by atoms with Gasteiger partial charge >= 0.3 is 0 Å². The first-order valence-electron chi connectivity index (χ1n) is 8.78. The van der Waals surface area contributed by atoms with Crippen molar-refractivity contribution in [1.29, 1.82) is 0 Å². The highest BCUT2D eigenvalue weighted by molar-refractivity contribution is 5.90. The van der Waals surface area contributed by atoms with E-state index < -0.39 is 6.04 Å². The Bertz CT molecular complexity index is 600. The van der Waals surface area contributed by atoms with Crippen LogP contribution in [-0.4, -0.2) is 49.9 Å². The van der Waals surface area contributed by atoms with Crippen molar-refractivity contribution in [2.75, 3.05) is 27.2 Å². The van der Waals surface area contributed by atoms with Crippen molar-refractivity contribution in [3.63, 3.8) is 0 Å². The van der Waals surface area contributed by atoms with Gasteiger partial charge in [-0.25, -0.2) is 0 Å². The van der Waals surface area contributed by atoms with Crippen LogP contribution in [0.15, 0.2) is 30.3 Å². The Labute approximate surface area is 155 Å². The number of rotatable bonds is 5. The van der Waals surface area contributed by atoms with Crippen LogP contribution in [-0.2, 0) is 16.0 Å². The van der Waals surface area contributed by atoms with Gasteiger partial charge in [0.05, 0.1) is 0 Å². The number of carbonyl (C=O) groups is 2. The predicted molar refractivity (Wildman–Crippen MR) is 101 cm³/mol. The normalized spacial score (nSPS) is 21.8. The molecule has 2 fully saturated rings. The lowest BCUT2D eigenvalue weighted by molar-refractivity contribution is -0.135. The molecule has 1 saturated heterocycles. The van der Waals surface area contributed by atoms with Gasteiger partial charge in [-0.2, -0.15) is 0 Å². The van der Waals surface area contributed by atoms with Crippen LogP contribution in [0.4, 0.5) is 0 Å². The molecule has 1 aliphatic carbocycles. The second-order valence-electron chi connectivity index (χ2n) is 7.35. The summed E-state index contributed by atoms with van der Waals surface area (Å²) in [4.78, 5) is 26.8. The topological polar surface area (TPSA) is 61.4 Å². The number of piperidine rings is 1. The first-order valence-corrected chi connectivity index (χ1v) is 8.78. The van der Waals surface area contributed by atoms with E-state index in [1.807, 2.05) is 30.3 Å². The van der Waals surface area contributed by atoms with Gasteiger partial charge in [-0.1, -0.05) is 30.3 Å². The molecule has 1 aliphatic heterocycles. The third-order valence-corrected chi connectivity index (χ3v) is 5.44. The van der Waals surface area contributed by atoms with E-state index in [0.717, 1.165) is 37.9 Å². The number of nitrogens with zero attached hydrogens (tertiary/aromatic N) is 1. The Hall–Kier alpha value is -1.59. The summed E-state index contributed by atoms with van der Waals surface area (Å²) in [5.41, 5.74) is 1.25. The number of halogens is 1. The van der Waals surface area contributed by atoms with Gasteiger partial charge in [-0.15, -0.1) is 12.4 Å². The van der Waals surface area contributed by atoms with E-state index in [4.69, 9.17) is 0 Å². The SMILES string of the molecule is CN(C)C(=O)C(Cc1ccccc1)NC(=O)C1CC12CCNCC2.Cl. The Morgan fingerprint density at radius 3 is 2.48 bits per heavy atom. The average Bonchev–Trinajstić information content (AvgIpc) is 3.28. The molecule has 25 heavy (non-hydrogen) atoms. The van der Waals surface area contributed by atoms with E-state index in [1.165, 1.54) is 0 Å². The zero-order valence-electron chi connectivity index (χ0n) is 15.0. The van der Waals surface area contributed by atoms with Crippen LogP contribution in [0.1, 0.15) is 24.8 Å². The van der Waals surface area contributed by atoms with Crippen molar-refractivity contribution in [1.82, 2.24) is 15.5 Å². The van der Waals surface area contributed by atoms with E-state index in [2.05, 4.69) is 10.6 Å². The molecule has 0 aromatic heterocycles. The van der Waals surface area contributed by atoms with Crippen LogP contribution >= 0.6 is 12.4 Å². The minimum atomic E-state index is -0.491. The number of carbonyl (C=O) groups excluding carboxylic acids is 2. The molecule has 1 aromatic rings. The van der Waals surface area contributed by atoms with Crippen LogP contribution in [0.5, 0.6) is 0 Å². The fraction of sp³-hybridized carbons (Fsp3) is 0.579. The summed E-state index contributed by atoms with van der Waals surface area (Å²) < 4.78 is 0. The van der Waals surface area contributed by atoms with Crippen molar-refractivity contribution in [2.45, 2.75) is 31.7 Å². The third-order valence-electron chi connectivity index (χ3n) is 5.44. The Kier molecular flexibility index (Phi) is 6.47. The Morgan fingerprint density at radius 1 is 1.24 bits per heavy atom. The predicted octanol–water partition coefficient (Wildman–Crippen LogP) is 1.61. The standard InChI is InChI=1S/C19H27N3O2.ClH/c1-22(2)18(24)16(12-14-6-4-3-5-7-14)21-17(23)15-13-19(15)8-10-20-11-9-19;/h3-7,15-16,20H,8-13H2,1-2H3,(H,21,23);1H. The lowest BCUT2D eigenvalue weighted by Gasteiger charge is -2.25. The van der Waals surface area contributed by atoms with Crippen molar-refractivity contribution in [2.24, 2.45) is 11.3 Å². The third kappa shape index (κ3) is 4.53. The maximum Gasteiger partial charge on any atom is 0.244 e. The molecule has 6 heteroatoms. The van der Waals surface area contributed by atoms with Crippen molar-refractivity contribution >= 4 is 24.2 Å². The molecule has 2 N–H and O–H groups in total. The van der Waals surface area contributed by atoms with E-state index in [1.54, 1.807) is 19.0 Å². The summed E-state index contributed by atoms with van der Waals surface area (Å²) in [6.45, 7) is 1.99. The molecule has 1 saturated carbocycles. The minimum Gasteiger partial charge on any atom is -0.347 e. The average molecular weight is 366 g/mol. The quantitative estimate of drug-likeness (QED) is 0.833. The van der Waals surface area contributed by atoms with Gasteiger partial charge in [0, 0.05) is 26.4 Å². The molecule has 1 heterocycles. The van der Waals surface area contributed by atoms with Crippen LogP contribution < -0.4 is 10.6 Å². The van der Waals surface area contributed by atoms with Gasteiger partial charge in [0.2, 0.25) is 11.8 Å². The minimum absolute atomic E-state index is 0. The van der Waals surface area contributed by atoms with Crippen LogP contribution in [0.3, 0.4) is 0 Å². The lowest BCUT2D eigenvalue weighted by atomic mass is 9.91. The summed E-state index contributed by atoms with van der Waals surface area (Å²) in [5, 5.41) is 6.38. The zero-order valence-corrected chi connectivity index (χ0v) is 15.8. The molecule has 3 rings (SSSR count). The number of hydrogen-bond donors (Lipinski definition) is 2. The molecule has 2 atom stereocenters. The molecular formula is C19H28ClN3O2. The number of amides is 2. The summed E-state index contributed by atoms with van der Waals surface area (Å²) in [6.07, 6.45) is 3.63. The van der Waals surface area contributed by atoms with Crippen LogP contribution in [0.25, 0.3) is 0 Å². The van der Waals surface area contributed by atoms with Gasteiger partial charge in [0.25, 0.3) is 0 Å². The Morgan fingerprint density at radius 2 is 1.88 bits per heavy atom. The first kappa shape index (κ1) is 19.7. The summed E-state index contributed by atoms with van der Waals surface area (Å²) in [6, 6.07) is 9.37. The van der Waals surface area contributed by atoms with E-state index in [9.17, 15) is 9.59 Å². The van der Waals surface area contributed by atoms with E-state index >= 15 is 0 Å². The molecule has 138 valence electrons. The number of hydrogen-bond acceptors (Lipinski definition) is 3. The highest BCUT2D eigenvalue weighted by Gasteiger charge is 2.57. The maximum absolute atomic E-state index is 12.7. The lowest BCUT2D eigenvalue weighted by Crippen LogP contribution is -2.48.